The molecule has 5 nitrogen and oxygen atoms in total. The van der Waals surface area contributed by atoms with Gasteiger partial charge in [-0.3, -0.25) is 4.79 Å². The van der Waals surface area contributed by atoms with Gasteiger partial charge in [0.25, 0.3) is 0 Å². The van der Waals surface area contributed by atoms with Crippen molar-refractivity contribution in [1.82, 2.24) is 9.80 Å². The molecule has 2 unspecified atom stereocenters. The highest BCUT2D eigenvalue weighted by molar-refractivity contribution is 7.10. The molecule has 108 valence electrons. The normalized spacial score (nSPS) is 25.6. The van der Waals surface area contributed by atoms with Crippen LogP contribution in [0.25, 0.3) is 0 Å². The lowest BCUT2D eigenvalue weighted by Gasteiger charge is -2.31. The average Bonchev–Trinajstić information content (AvgIpc) is 3.02. The van der Waals surface area contributed by atoms with E-state index in [1.165, 1.54) is 10.4 Å². The summed E-state index contributed by atoms with van der Waals surface area (Å²) in [7, 11) is 0. The number of urea groups is 1. The van der Waals surface area contributed by atoms with Gasteiger partial charge in [-0.25, -0.2) is 4.79 Å². The molecule has 3 rings (SSSR count). The van der Waals surface area contributed by atoms with Crippen LogP contribution in [0.1, 0.15) is 17.4 Å². The van der Waals surface area contributed by atoms with E-state index < -0.39 is 11.9 Å². The summed E-state index contributed by atoms with van der Waals surface area (Å²) in [4.78, 5) is 28.5. The van der Waals surface area contributed by atoms with Crippen molar-refractivity contribution in [2.45, 2.75) is 19.9 Å². The summed E-state index contributed by atoms with van der Waals surface area (Å²) in [6.07, 6.45) is 0.907. The Balaban J connectivity index is 1.67. The predicted molar refractivity (Wildman–Crippen MR) is 75.7 cm³/mol. The Morgan fingerprint density at radius 2 is 2.15 bits per heavy atom. The quantitative estimate of drug-likeness (QED) is 0.860. The Labute approximate surface area is 121 Å². The van der Waals surface area contributed by atoms with E-state index in [2.05, 4.69) is 11.4 Å². The fraction of sp³-hybridized carbons (Fsp3) is 0.571. The summed E-state index contributed by atoms with van der Waals surface area (Å²) in [5.74, 6) is -1.20. The minimum absolute atomic E-state index is 0.0162. The van der Waals surface area contributed by atoms with Gasteiger partial charge in [0.05, 0.1) is 5.92 Å². The number of carbonyl (C=O) groups is 2. The highest BCUT2D eigenvalue weighted by Gasteiger charge is 2.38. The molecule has 1 aromatic rings. The largest absolute Gasteiger partial charge is 0.481 e. The first kappa shape index (κ1) is 13.4. The third-order valence-electron chi connectivity index (χ3n) is 4.28. The Hall–Kier alpha value is -1.56. The van der Waals surface area contributed by atoms with E-state index in [4.69, 9.17) is 5.11 Å². The van der Waals surface area contributed by atoms with Crippen LogP contribution < -0.4 is 0 Å². The van der Waals surface area contributed by atoms with Crippen LogP contribution in [0.15, 0.2) is 11.4 Å². The van der Waals surface area contributed by atoms with Crippen LogP contribution in [0.2, 0.25) is 0 Å². The molecule has 2 aliphatic rings. The summed E-state index contributed by atoms with van der Waals surface area (Å²) < 4.78 is 0. The lowest BCUT2D eigenvalue weighted by atomic mass is 9.99. The SMILES string of the molecule is CC1CN(C(=O)N2CCc3sccc3C2)CC1C(=O)O. The minimum Gasteiger partial charge on any atom is -0.481 e. The summed E-state index contributed by atoms with van der Waals surface area (Å²) in [6.45, 7) is 4.17. The Kier molecular flexibility index (Phi) is 3.41. The van der Waals surface area contributed by atoms with Crippen LogP contribution in [-0.4, -0.2) is 46.5 Å². The zero-order valence-electron chi connectivity index (χ0n) is 11.4. The lowest BCUT2D eigenvalue weighted by molar-refractivity contribution is -0.142. The second-order valence-electron chi connectivity index (χ2n) is 5.65. The number of carboxylic acids is 1. The highest BCUT2D eigenvalue weighted by atomic mass is 32.1. The van der Waals surface area contributed by atoms with Crippen LogP contribution in [-0.2, 0) is 17.8 Å². The number of likely N-dealkylation sites (tertiary alicyclic amines) is 1. The molecule has 0 radical (unpaired) electrons. The smallest absolute Gasteiger partial charge is 0.320 e. The third kappa shape index (κ3) is 2.28. The number of carbonyl (C=O) groups excluding carboxylic acids is 1. The number of fused-ring (bicyclic) bond motifs is 1. The number of thiophene rings is 1. The van der Waals surface area contributed by atoms with Crippen LogP contribution >= 0.6 is 11.3 Å². The molecular formula is C14H18N2O3S. The fourth-order valence-corrected chi connectivity index (χ4v) is 3.95. The number of hydrogen-bond acceptors (Lipinski definition) is 3. The first-order chi connectivity index (χ1) is 9.56. The number of nitrogens with zero attached hydrogens (tertiary/aromatic N) is 2. The Morgan fingerprint density at radius 3 is 2.85 bits per heavy atom. The van der Waals surface area contributed by atoms with E-state index in [9.17, 15) is 9.59 Å². The summed E-state index contributed by atoms with van der Waals surface area (Å²) in [5, 5.41) is 11.2. The van der Waals surface area contributed by atoms with Gasteiger partial charge in [0.2, 0.25) is 0 Å². The lowest BCUT2D eigenvalue weighted by Crippen LogP contribution is -2.44. The van der Waals surface area contributed by atoms with Gasteiger partial charge in [0.1, 0.15) is 0 Å². The van der Waals surface area contributed by atoms with Gasteiger partial charge in [-0.05, 0) is 29.3 Å². The molecule has 2 aliphatic heterocycles. The topological polar surface area (TPSA) is 60.9 Å². The molecule has 1 N–H and O–H groups in total. The van der Waals surface area contributed by atoms with Crippen molar-refractivity contribution in [2.75, 3.05) is 19.6 Å². The van der Waals surface area contributed by atoms with Gasteiger partial charge in [0.15, 0.2) is 0 Å². The zero-order valence-corrected chi connectivity index (χ0v) is 12.2. The van der Waals surface area contributed by atoms with E-state index in [0.717, 1.165) is 13.0 Å². The van der Waals surface area contributed by atoms with Crippen molar-refractivity contribution in [1.29, 1.82) is 0 Å². The molecule has 1 saturated heterocycles. The van der Waals surface area contributed by atoms with E-state index in [1.54, 1.807) is 16.2 Å². The molecule has 20 heavy (non-hydrogen) atoms. The second kappa shape index (κ2) is 5.09. The molecule has 2 atom stereocenters. The molecule has 0 spiro atoms. The molecule has 0 saturated carbocycles. The number of aliphatic carboxylic acids is 1. The van der Waals surface area contributed by atoms with Crippen molar-refractivity contribution in [3.63, 3.8) is 0 Å². The van der Waals surface area contributed by atoms with E-state index in [1.807, 2.05) is 11.8 Å². The van der Waals surface area contributed by atoms with Crippen molar-refractivity contribution in [2.24, 2.45) is 11.8 Å². The standard InChI is InChI=1S/C14H18N2O3S/c1-9-6-16(8-11(9)13(17)18)14(19)15-4-2-12-10(7-15)3-5-20-12/h3,5,9,11H,2,4,6-8H2,1H3,(H,17,18). The first-order valence-electron chi connectivity index (χ1n) is 6.88. The zero-order chi connectivity index (χ0) is 14.3. The van der Waals surface area contributed by atoms with Crippen molar-refractivity contribution >= 4 is 23.3 Å². The van der Waals surface area contributed by atoms with Gasteiger partial charge in [-0.15, -0.1) is 11.3 Å². The minimum atomic E-state index is -0.799. The summed E-state index contributed by atoms with van der Waals surface area (Å²) in [5.41, 5.74) is 1.23. The second-order valence-corrected chi connectivity index (χ2v) is 6.65. The maximum absolute atomic E-state index is 12.5. The van der Waals surface area contributed by atoms with Gasteiger partial charge in [-0.2, -0.15) is 0 Å². The first-order valence-corrected chi connectivity index (χ1v) is 7.76. The van der Waals surface area contributed by atoms with E-state index >= 15 is 0 Å². The van der Waals surface area contributed by atoms with Crippen molar-refractivity contribution in [3.05, 3.63) is 21.9 Å². The molecule has 0 bridgehead atoms. The monoisotopic (exact) mass is 294 g/mol. The number of carboxylic acid groups (broad SMARTS) is 1. The fourth-order valence-electron chi connectivity index (χ4n) is 3.06. The average molecular weight is 294 g/mol. The molecule has 0 aliphatic carbocycles. The molecule has 0 aromatic carbocycles. The van der Waals surface area contributed by atoms with E-state index in [-0.39, 0.29) is 11.9 Å². The third-order valence-corrected chi connectivity index (χ3v) is 5.30. The van der Waals surface area contributed by atoms with Crippen LogP contribution in [0.3, 0.4) is 0 Å². The maximum Gasteiger partial charge on any atom is 0.320 e. The van der Waals surface area contributed by atoms with E-state index in [0.29, 0.717) is 19.6 Å². The maximum atomic E-state index is 12.5. The highest BCUT2D eigenvalue weighted by Crippen LogP contribution is 2.28. The number of hydrogen-bond donors (Lipinski definition) is 1. The van der Waals surface area contributed by atoms with Crippen LogP contribution in [0, 0.1) is 11.8 Å². The number of rotatable bonds is 1. The van der Waals surface area contributed by atoms with Gasteiger partial charge in [-0.1, -0.05) is 6.92 Å². The van der Waals surface area contributed by atoms with Gasteiger partial charge in [0, 0.05) is 31.1 Å². The molecular weight excluding hydrogens is 276 g/mol. The van der Waals surface area contributed by atoms with Gasteiger partial charge >= 0.3 is 12.0 Å². The molecule has 2 amide bonds. The van der Waals surface area contributed by atoms with Crippen molar-refractivity contribution < 1.29 is 14.7 Å². The van der Waals surface area contributed by atoms with Crippen molar-refractivity contribution in [3.8, 4) is 0 Å². The predicted octanol–water partition coefficient (Wildman–Crippen LogP) is 1.88. The van der Waals surface area contributed by atoms with Crippen LogP contribution in [0.4, 0.5) is 4.79 Å². The number of amides is 2. The van der Waals surface area contributed by atoms with Gasteiger partial charge < -0.3 is 14.9 Å². The molecule has 3 heterocycles. The Morgan fingerprint density at radius 1 is 1.35 bits per heavy atom. The molecule has 1 fully saturated rings. The molecule has 1 aromatic heterocycles. The molecule has 6 heteroatoms. The van der Waals surface area contributed by atoms with Crippen LogP contribution in [0.5, 0.6) is 0 Å². The summed E-state index contributed by atoms with van der Waals surface area (Å²) in [6, 6.07) is 2.06. The Bertz CT molecular complexity index is 542. The summed E-state index contributed by atoms with van der Waals surface area (Å²) >= 11 is 1.75.